The smallest absolute Gasteiger partial charge is 0.261 e. The Kier molecular flexibility index (Phi) is 5.47. The van der Waals surface area contributed by atoms with Crippen molar-refractivity contribution in [3.63, 3.8) is 0 Å². The number of nitrogens with one attached hydrogen (secondary N) is 1. The number of aryl methyl sites for hydroxylation is 2. The average Bonchev–Trinajstić information content (AvgIpc) is 3.52. The molecule has 1 N–H and O–H groups in total. The summed E-state index contributed by atoms with van der Waals surface area (Å²) in [4.78, 5) is 28.4. The Morgan fingerprint density at radius 2 is 1.84 bits per heavy atom. The molecule has 1 aliphatic heterocycles. The second-order valence-electron chi connectivity index (χ2n) is 8.53. The van der Waals surface area contributed by atoms with Crippen molar-refractivity contribution >= 4 is 44.1 Å². The number of carbonyl (C=O) groups is 2. The molecular formula is C26H27N3O2S. The van der Waals surface area contributed by atoms with Crippen LogP contribution >= 0.6 is 11.3 Å². The van der Waals surface area contributed by atoms with Gasteiger partial charge in [-0.2, -0.15) is 0 Å². The molecule has 1 atom stereocenters. The molecule has 1 fully saturated rings. The standard InChI is InChI=1S/C26H27N3O2S/c1-27-26(31)25-24(20-8-4-6-10-22(20)32-25)18-13-14-29(16-18)23(30)12-11-17-15-28(2)21-9-5-3-7-19(17)21/h3-10,15,18H,11-14,16H2,1-2H3,(H,27,31). The Morgan fingerprint density at radius 1 is 1.09 bits per heavy atom. The first-order chi connectivity index (χ1) is 15.6. The number of fused-ring (bicyclic) bond motifs is 2. The summed E-state index contributed by atoms with van der Waals surface area (Å²) < 4.78 is 3.25. The molecule has 0 spiro atoms. The lowest BCUT2D eigenvalue weighted by atomic mass is 9.95. The van der Waals surface area contributed by atoms with Crippen molar-refractivity contribution in [1.29, 1.82) is 0 Å². The van der Waals surface area contributed by atoms with Gasteiger partial charge in [0.05, 0.1) is 4.88 Å². The van der Waals surface area contributed by atoms with E-state index in [2.05, 4.69) is 40.3 Å². The maximum atomic E-state index is 13.1. The van der Waals surface area contributed by atoms with E-state index in [-0.39, 0.29) is 17.7 Å². The predicted octanol–water partition coefficient (Wildman–Crippen LogP) is 4.70. The van der Waals surface area contributed by atoms with Crippen molar-refractivity contribution in [2.75, 3.05) is 20.1 Å². The van der Waals surface area contributed by atoms with E-state index >= 15 is 0 Å². The minimum atomic E-state index is -0.0399. The molecule has 1 aliphatic rings. The van der Waals surface area contributed by atoms with Gasteiger partial charge in [0.1, 0.15) is 0 Å². The van der Waals surface area contributed by atoms with Crippen LogP contribution in [0.15, 0.2) is 54.7 Å². The Morgan fingerprint density at radius 3 is 2.66 bits per heavy atom. The molecule has 32 heavy (non-hydrogen) atoms. The van der Waals surface area contributed by atoms with Crippen molar-refractivity contribution in [3.8, 4) is 0 Å². The normalized spacial score (nSPS) is 16.2. The van der Waals surface area contributed by atoms with E-state index in [1.54, 1.807) is 18.4 Å². The highest BCUT2D eigenvalue weighted by molar-refractivity contribution is 7.21. The summed E-state index contributed by atoms with van der Waals surface area (Å²) in [7, 11) is 3.72. The molecule has 0 aliphatic carbocycles. The summed E-state index contributed by atoms with van der Waals surface area (Å²) in [5.74, 6) is 0.350. The zero-order chi connectivity index (χ0) is 22.2. The summed E-state index contributed by atoms with van der Waals surface area (Å²) in [6.07, 6.45) is 4.28. The first-order valence-electron chi connectivity index (χ1n) is 11.1. The minimum Gasteiger partial charge on any atom is -0.354 e. The molecule has 2 aromatic carbocycles. The summed E-state index contributed by atoms with van der Waals surface area (Å²) >= 11 is 1.55. The number of carbonyl (C=O) groups excluding carboxylic acids is 2. The average molecular weight is 446 g/mol. The van der Waals surface area contributed by atoms with Gasteiger partial charge < -0.3 is 14.8 Å². The number of benzene rings is 2. The number of amides is 2. The van der Waals surface area contributed by atoms with Gasteiger partial charge in [-0.1, -0.05) is 36.4 Å². The fourth-order valence-electron chi connectivity index (χ4n) is 5.00. The SMILES string of the molecule is CNC(=O)c1sc2ccccc2c1C1CCN(C(=O)CCc2cn(C)c3ccccc23)C1. The van der Waals surface area contributed by atoms with Crippen LogP contribution < -0.4 is 5.32 Å². The number of nitrogens with zero attached hydrogens (tertiary/aromatic N) is 2. The lowest BCUT2D eigenvalue weighted by Crippen LogP contribution is -2.28. The van der Waals surface area contributed by atoms with Gasteiger partial charge in [-0.15, -0.1) is 11.3 Å². The lowest BCUT2D eigenvalue weighted by molar-refractivity contribution is -0.130. The van der Waals surface area contributed by atoms with Crippen LogP contribution in [0.25, 0.3) is 21.0 Å². The van der Waals surface area contributed by atoms with Crippen LogP contribution in [0.3, 0.4) is 0 Å². The van der Waals surface area contributed by atoms with Gasteiger partial charge in [-0.05, 0) is 41.5 Å². The maximum Gasteiger partial charge on any atom is 0.261 e. The number of thiophene rings is 1. The molecule has 1 saturated heterocycles. The van der Waals surface area contributed by atoms with Crippen LogP contribution in [0.5, 0.6) is 0 Å². The van der Waals surface area contributed by atoms with Crippen molar-refractivity contribution < 1.29 is 9.59 Å². The molecule has 1 unspecified atom stereocenters. The van der Waals surface area contributed by atoms with Crippen molar-refractivity contribution in [2.24, 2.45) is 7.05 Å². The molecular weight excluding hydrogens is 418 g/mol. The largest absolute Gasteiger partial charge is 0.354 e. The van der Waals surface area contributed by atoms with Crippen LogP contribution in [0.2, 0.25) is 0 Å². The van der Waals surface area contributed by atoms with Crippen LogP contribution in [0.1, 0.15) is 39.6 Å². The molecule has 4 aromatic rings. The topological polar surface area (TPSA) is 54.3 Å². The van der Waals surface area contributed by atoms with Gasteiger partial charge in [0.25, 0.3) is 5.91 Å². The van der Waals surface area contributed by atoms with Crippen LogP contribution in [-0.2, 0) is 18.3 Å². The molecule has 5 rings (SSSR count). The van der Waals surface area contributed by atoms with Crippen LogP contribution in [0.4, 0.5) is 0 Å². The quantitative estimate of drug-likeness (QED) is 0.484. The number of hydrogen-bond donors (Lipinski definition) is 1. The van der Waals surface area contributed by atoms with Crippen LogP contribution in [0, 0.1) is 0 Å². The van der Waals surface area contributed by atoms with E-state index in [1.807, 2.05) is 36.2 Å². The van der Waals surface area contributed by atoms with Crippen molar-refractivity contribution in [3.05, 3.63) is 70.7 Å². The Labute approximate surface area is 191 Å². The monoisotopic (exact) mass is 445 g/mol. The number of para-hydroxylation sites is 1. The minimum absolute atomic E-state index is 0.0399. The lowest BCUT2D eigenvalue weighted by Gasteiger charge is -2.17. The van der Waals surface area contributed by atoms with Gasteiger partial charge in [-0.3, -0.25) is 9.59 Å². The van der Waals surface area contributed by atoms with Gasteiger partial charge in [0.15, 0.2) is 0 Å². The molecule has 2 aromatic heterocycles. The van der Waals surface area contributed by atoms with E-state index in [0.717, 1.165) is 39.9 Å². The molecule has 0 radical (unpaired) electrons. The third-order valence-electron chi connectivity index (χ3n) is 6.60. The third-order valence-corrected chi connectivity index (χ3v) is 7.79. The first-order valence-corrected chi connectivity index (χ1v) is 11.9. The summed E-state index contributed by atoms with van der Waals surface area (Å²) in [5.41, 5.74) is 3.52. The summed E-state index contributed by atoms with van der Waals surface area (Å²) in [5, 5.41) is 5.15. The van der Waals surface area contributed by atoms with Gasteiger partial charge in [0, 0.05) is 61.3 Å². The predicted molar refractivity (Wildman–Crippen MR) is 130 cm³/mol. The van der Waals surface area contributed by atoms with Gasteiger partial charge >= 0.3 is 0 Å². The Balaban J connectivity index is 1.32. The second kappa shape index (κ2) is 8.43. The molecule has 3 heterocycles. The second-order valence-corrected chi connectivity index (χ2v) is 9.58. The van der Waals surface area contributed by atoms with E-state index in [1.165, 1.54) is 16.5 Å². The Bertz CT molecular complexity index is 1320. The fraction of sp³-hybridized carbons (Fsp3) is 0.308. The number of hydrogen-bond acceptors (Lipinski definition) is 3. The van der Waals surface area contributed by atoms with Gasteiger partial charge in [-0.25, -0.2) is 0 Å². The highest BCUT2D eigenvalue weighted by atomic mass is 32.1. The number of aromatic nitrogens is 1. The first kappa shape index (κ1) is 20.8. The summed E-state index contributed by atoms with van der Waals surface area (Å²) in [6.45, 7) is 1.43. The molecule has 5 nitrogen and oxygen atoms in total. The third kappa shape index (κ3) is 3.58. The molecule has 0 bridgehead atoms. The molecule has 2 amide bonds. The highest BCUT2D eigenvalue weighted by Gasteiger charge is 2.32. The zero-order valence-corrected chi connectivity index (χ0v) is 19.2. The van der Waals surface area contributed by atoms with Crippen molar-refractivity contribution in [2.45, 2.75) is 25.2 Å². The molecule has 0 saturated carbocycles. The van der Waals surface area contributed by atoms with E-state index in [4.69, 9.17) is 0 Å². The maximum absolute atomic E-state index is 13.1. The zero-order valence-electron chi connectivity index (χ0n) is 18.4. The Hall–Kier alpha value is -3.12. The van der Waals surface area contributed by atoms with Gasteiger partial charge in [0.2, 0.25) is 5.91 Å². The molecule has 164 valence electrons. The fourth-order valence-corrected chi connectivity index (χ4v) is 6.24. The molecule has 6 heteroatoms. The van der Waals surface area contributed by atoms with E-state index in [9.17, 15) is 9.59 Å². The number of likely N-dealkylation sites (tertiary alicyclic amines) is 1. The van der Waals surface area contributed by atoms with Crippen LogP contribution in [-0.4, -0.2) is 41.4 Å². The highest BCUT2D eigenvalue weighted by Crippen LogP contribution is 2.40. The van der Waals surface area contributed by atoms with E-state index < -0.39 is 0 Å². The van der Waals surface area contributed by atoms with Crippen molar-refractivity contribution in [1.82, 2.24) is 14.8 Å². The summed E-state index contributed by atoms with van der Waals surface area (Å²) in [6, 6.07) is 16.5. The van der Waals surface area contributed by atoms with E-state index in [0.29, 0.717) is 13.0 Å². The number of rotatable bonds is 5.